The van der Waals surface area contributed by atoms with Gasteiger partial charge in [0.25, 0.3) is 0 Å². The third kappa shape index (κ3) is 3.96. The fraction of sp³-hybridized carbons (Fsp3) is 0.400. The maximum absolute atomic E-state index is 11.0. The van der Waals surface area contributed by atoms with Crippen LogP contribution in [0.15, 0.2) is 60.7 Å². The minimum absolute atomic E-state index is 0.105. The SMILES string of the molecule is CC[N+](C)(CC)CC(c1ccccc1)C(O)c1ccccc1. The van der Waals surface area contributed by atoms with Gasteiger partial charge in [0.15, 0.2) is 0 Å². The Hall–Kier alpha value is -1.64. The highest BCUT2D eigenvalue weighted by atomic mass is 16.3. The smallest absolute Gasteiger partial charge is 0.0912 e. The van der Waals surface area contributed by atoms with E-state index in [1.165, 1.54) is 5.56 Å². The minimum atomic E-state index is -0.473. The lowest BCUT2D eigenvalue weighted by atomic mass is 9.88. The molecule has 0 bridgehead atoms. The van der Waals surface area contributed by atoms with E-state index in [0.717, 1.165) is 29.7 Å². The van der Waals surface area contributed by atoms with Crippen LogP contribution in [0.5, 0.6) is 0 Å². The largest absolute Gasteiger partial charge is 0.388 e. The van der Waals surface area contributed by atoms with Crippen LogP contribution >= 0.6 is 0 Å². The Balaban J connectivity index is 2.34. The molecule has 0 heterocycles. The molecule has 2 aromatic carbocycles. The van der Waals surface area contributed by atoms with E-state index in [1.807, 2.05) is 36.4 Å². The second-order valence-corrected chi connectivity index (χ2v) is 6.31. The van der Waals surface area contributed by atoms with Gasteiger partial charge in [-0.05, 0) is 25.0 Å². The molecular weight excluding hydrogens is 270 g/mol. The predicted molar refractivity (Wildman–Crippen MR) is 92.7 cm³/mol. The van der Waals surface area contributed by atoms with E-state index in [2.05, 4.69) is 45.2 Å². The van der Waals surface area contributed by atoms with Crippen molar-refractivity contribution in [2.45, 2.75) is 25.9 Å². The topological polar surface area (TPSA) is 20.2 Å². The van der Waals surface area contributed by atoms with Gasteiger partial charge in [0.2, 0.25) is 0 Å². The summed E-state index contributed by atoms with van der Waals surface area (Å²) >= 11 is 0. The van der Waals surface area contributed by atoms with Gasteiger partial charge >= 0.3 is 0 Å². The molecule has 2 aromatic rings. The molecule has 1 N–H and O–H groups in total. The number of hydrogen-bond acceptors (Lipinski definition) is 1. The third-order valence-corrected chi connectivity index (χ3v) is 4.91. The maximum Gasteiger partial charge on any atom is 0.0912 e. The van der Waals surface area contributed by atoms with Crippen LogP contribution in [0, 0.1) is 0 Å². The molecule has 0 aliphatic rings. The molecule has 0 aromatic heterocycles. The van der Waals surface area contributed by atoms with Crippen molar-refractivity contribution < 1.29 is 9.59 Å². The molecule has 2 heteroatoms. The number of hydrogen-bond donors (Lipinski definition) is 1. The van der Waals surface area contributed by atoms with Crippen LogP contribution in [0.4, 0.5) is 0 Å². The van der Waals surface area contributed by atoms with Gasteiger partial charge in [-0.1, -0.05) is 60.7 Å². The molecule has 2 rings (SSSR count). The van der Waals surface area contributed by atoms with Crippen molar-refractivity contribution >= 4 is 0 Å². The second-order valence-electron chi connectivity index (χ2n) is 6.31. The zero-order valence-electron chi connectivity index (χ0n) is 13.9. The Kier molecular flexibility index (Phi) is 5.76. The fourth-order valence-electron chi connectivity index (χ4n) is 2.93. The van der Waals surface area contributed by atoms with Crippen molar-refractivity contribution in [3.05, 3.63) is 71.8 Å². The van der Waals surface area contributed by atoms with E-state index in [1.54, 1.807) is 0 Å². The van der Waals surface area contributed by atoms with Crippen LogP contribution < -0.4 is 0 Å². The Morgan fingerprint density at radius 2 is 1.27 bits per heavy atom. The van der Waals surface area contributed by atoms with Gasteiger partial charge in [0, 0.05) is 0 Å². The van der Waals surface area contributed by atoms with Crippen molar-refractivity contribution in [3.63, 3.8) is 0 Å². The quantitative estimate of drug-likeness (QED) is 0.766. The lowest BCUT2D eigenvalue weighted by Gasteiger charge is -2.37. The Morgan fingerprint density at radius 1 is 0.818 bits per heavy atom. The van der Waals surface area contributed by atoms with Crippen LogP contribution in [-0.2, 0) is 0 Å². The van der Waals surface area contributed by atoms with Gasteiger partial charge in [-0.3, -0.25) is 0 Å². The second kappa shape index (κ2) is 7.57. The van der Waals surface area contributed by atoms with E-state index < -0.39 is 6.10 Å². The number of benzene rings is 2. The third-order valence-electron chi connectivity index (χ3n) is 4.91. The summed E-state index contributed by atoms with van der Waals surface area (Å²) < 4.78 is 0.962. The molecule has 0 saturated carbocycles. The van der Waals surface area contributed by atoms with Gasteiger partial charge in [-0.25, -0.2) is 0 Å². The molecule has 0 amide bonds. The first-order valence-electron chi connectivity index (χ1n) is 8.21. The van der Waals surface area contributed by atoms with E-state index >= 15 is 0 Å². The zero-order valence-corrected chi connectivity index (χ0v) is 13.9. The number of aliphatic hydroxyl groups is 1. The molecule has 0 aliphatic heterocycles. The highest BCUT2D eigenvalue weighted by molar-refractivity contribution is 5.26. The highest BCUT2D eigenvalue weighted by Crippen LogP contribution is 2.33. The summed E-state index contributed by atoms with van der Waals surface area (Å²) in [7, 11) is 2.27. The van der Waals surface area contributed by atoms with E-state index in [4.69, 9.17) is 0 Å². The first kappa shape index (κ1) is 16.7. The summed E-state index contributed by atoms with van der Waals surface area (Å²) in [5, 5.41) is 11.0. The Bertz CT molecular complexity index is 548. The molecule has 2 unspecified atom stereocenters. The Morgan fingerprint density at radius 3 is 1.73 bits per heavy atom. The van der Waals surface area contributed by atoms with Crippen molar-refractivity contribution in [2.75, 3.05) is 26.7 Å². The lowest BCUT2D eigenvalue weighted by Crippen LogP contribution is -2.47. The molecule has 0 aliphatic carbocycles. The average molecular weight is 298 g/mol. The predicted octanol–water partition coefficient (Wildman–Crippen LogP) is 3.99. The van der Waals surface area contributed by atoms with Crippen LogP contribution in [0.25, 0.3) is 0 Å². The number of likely N-dealkylation sites (N-methyl/N-ethyl adjacent to an activating group) is 1. The summed E-state index contributed by atoms with van der Waals surface area (Å²) in [4.78, 5) is 0. The van der Waals surface area contributed by atoms with Crippen molar-refractivity contribution in [3.8, 4) is 0 Å². The van der Waals surface area contributed by atoms with Crippen LogP contribution in [-0.4, -0.2) is 36.3 Å². The number of aliphatic hydroxyl groups excluding tert-OH is 1. The van der Waals surface area contributed by atoms with Crippen LogP contribution in [0.2, 0.25) is 0 Å². The van der Waals surface area contributed by atoms with Gasteiger partial charge in [0.1, 0.15) is 0 Å². The normalized spacial score (nSPS) is 14.5. The molecule has 2 nitrogen and oxygen atoms in total. The zero-order chi connectivity index (χ0) is 16.0. The van der Waals surface area contributed by atoms with Gasteiger partial charge in [0.05, 0.1) is 38.7 Å². The Labute approximate surface area is 134 Å². The minimum Gasteiger partial charge on any atom is -0.388 e. The summed E-state index contributed by atoms with van der Waals surface area (Å²) in [5.41, 5.74) is 2.21. The number of quaternary nitrogens is 1. The first-order valence-corrected chi connectivity index (χ1v) is 8.21. The van der Waals surface area contributed by atoms with Gasteiger partial charge in [-0.15, -0.1) is 0 Å². The van der Waals surface area contributed by atoms with E-state index in [9.17, 15) is 5.11 Å². The molecule has 2 atom stereocenters. The molecule has 0 spiro atoms. The molecule has 0 saturated heterocycles. The summed E-state index contributed by atoms with van der Waals surface area (Å²) in [6.45, 7) is 7.52. The van der Waals surface area contributed by atoms with Gasteiger partial charge in [-0.2, -0.15) is 0 Å². The first-order chi connectivity index (χ1) is 10.6. The molecule has 22 heavy (non-hydrogen) atoms. The summed E-state index contributed by atoms with van der Waals surface area (Å²) in [6, 6.07) is 20.4. The molecular formula is C20H28NO+. The van der Waals surface area contributed by atoms with Crippen LogP contribution in [0.1, 0.15) is 37.0 Å². The summed E-state index contributed by atoms with van der Waals surface area (Å²) in [6.07, 6.45) is -0.473. The standard InChI is InChI=1S/C20H28NO/c1-4-21(3,5-2)16-19(17-12-8-6-9-13-17)20(22)18-14-10-7-11-15-18/h6-15,19-20,22H,4-5,16H2,1-3H3/q+1. The number of nitrogens with zero attached hydrogens (tertiary/aromatic N) is 1. The van der Waals surface area contributed by atoms with Crippen molar-refractivity contribution in [1.29, 1.82) is 0 Å². The molecule has 0 radical (unpaired) electrons. The molecule has 118 valence electrons. The molecule has 0 fully saturated rings. The maximum atomic E-state index is 11.0. The number of rotatable bonds is 7. The fourth-order valence-corrected chi connectivity index (χ4v) is 2.93. The van der Waals surface area contributed by atoms with E-state index in [-0.39, 0.29) is 5.92 Å². The lowest BCUT2D eigenvalue weighted by molar-refractivity contribution is -0.908. The summed E-state index contributed by atoms with van der Waals surface area (Å²) in [5.74, 6) is 0.105. The highest BCUT2D eigenvalue weighted by Gasteiger charge is 2.30. The van der Waals surface area contributed by atoms with Crippen molar-refractivity contribution in [2.24, 2.45) is 0 Å². The van der Waals surface area contributed by atoms with Crippen LogP contribution in [0.3, 0.4) is 0 Å². The average Bonchev–Trinajstić information content (AvgIpc) is 2.60. The van der Waals surface area contributed by atoms with Crippen molar-refractivity contribution in [1.82, 2.24) is 0 Å². The monoisotopic (exact) mass is 298 g/mol. The van der Waals surface area contributed by atoms with E-state index in [0.29, 0.717) is 0 Å². The van der Waals surface area contributed by atoms with Gasteiger partial charge < -0.3 is 9.59 Å².